The van der Waals surface area contributed by atoms with Gasteiger partial charge in [-0.25, -0.2) is 9.18 Å². The summed E-state index contributed by atoms with van der Waals surface area (Å²) in [7, 11) is 0. The van der Waals surface area contributed by atoms with Crippen LogP contribution in [0.4, 0.5) is 4.39 Å². The summed E-state index contributed by atoms with van der Waals surface area (Å²) in [5.41, 5.74) is 6.52. The summed E-state index contributed by atoms with van der Waals surface area (Å²) in [6.45, 7) is 1.16. The summed E-state index contributed by atoms with van der Waals surface area (Å²) >= 11 is 0. The van der Waals surface area contributed by atoms with Crippen molar-refractivity contribution >= 4 is 17.8 Å². The molecule has 1 aromatic rings. The van der Waals surface area contributed by atoms with Crippen molar-refractivity contribution < 1.29 is 23.9 Å². The number of hydrogen-bond acceptors (Lipinski definition) is 4. The number of carbonyl (C=O) groups excluding carboxylic acids is 2. The van der Waals surface area contributed by atoms with Crippen LogP contribution >= 0.6 is 0 Å². The Kier molecular flexibility index (Phi) is 7.69. The van der Waals surface area contributed by atoms with Crippen molar-refractivity contribution in [3.8, 4) is 0 Å². The molecule has 0 unspecified atom stereocenters. The number of benzene rings is 1. The first-order valence-corrected chi connectivity index (χ1v) is 9.27. The molecule has 1 aromatic carbocycles. The van der Waals surface area contributed by atoms with Gasteiger partial charge in [0.1, 0.15) is 11.9 Å². The minimum atomic E-state index is -1.15. The fraction of sp³-hybridized carbons (Fsp3) is 0.450. The van der Waals surface area contributed by atoms with Gasteiger partial charge in [-0.3, -0.25) is 9.59 Å². The van der Waals surface area contributed by atoms with E-state index in [9.17, 15) is 23.9 Å². The Labute approximate surface area is 163 Å². The lowest BCUT2D eigenvalue weighted by Crippen LogP contribution is -2.45. The molecule has 152 valence electrons. The van der Waals surface area contributed by atoms with Crippen LogP contribution in [0.2, 0.25) is 0 Å². The van der Waals surface area contributed by atoms with Gasteiger partial charge < -0.3 is 21.5 Å². The third-order valence-electron chi connectivity index (χ3n) is 4.75. The van der Waals surface area contributed by atoms with Crippen molar-refractivity contribution in [1.29, 1.82) is 0 Å². The highest BCUT2D eigenvalue weighted by Gasteiger charge is 2.33. The van der Waals surface area contributed by atoms with Crippen molar-refractivity contribution in [2.24, 2.45) is 11.7 Å². The third-order valence-corrected chi connectivity index (χ3v) is 4.75. The van der Waals surface area contributed by atoms with Crippen LogP contribution in [0.25, 0.3) is 0 Å². The quantitative estimate of drug-likeness (QED) is 0.532. The van der Waals surface area contributed by atoms with Gasteiger partial charge >= 0.3 is 5.97 Å². The van der Waals surface area contributed by atoms with Crippen LogP contribution in [0.3, 0.4) is 0 Å². The first kappa shape index (κ1) is 21.6. The maximum atomic E-state index is 14.5. The summed E-state index contributed by atoms with van der Waals surface area (Å²) in [4.78, 5) is 35.7. The van der Waals surface area contributed by atoms with Crippen molar-refractivity contribution in [3.63, 3.8) is 0 Å². The molecule has 2 amide bonds. The van der Waals surface area contributed by atoms with Gasteiger partial charge in [0.2, 0.25) is 11.8 Å². The van der Waals surface area contributed by atoms with E-state index in [-0.39, 0.29) is 13.0 Å². The molecule has 7 nitrogen and oxygen atoms in total. The molecule has 2 rings (SSSR count). The normalized spacial score (nSPS) is 20.2. The Bertz CT molecular complexity index is 749. The molecule has 8 heteroatoms. The zero-order chi connectivity index (χ0) is 20.7. The predicted molar refractivity (Wildman–Crippen MR) is 102 cm³/mol. The Hall–Kier alpha value is -2.74. The molecule has 1 aliphatic rings. The Morgan fingerprint density at radius 1 is 1.29 bits per heavy atom. The zero-order valence-electron chi connectivity index (χ0n) is 15.8. The van der Waals surface area contributed by atoms with Crippen LogP contribution in [0.1, 0.15) is 31.7 Å². The number of hydrogen-bond donors (Lipinski definition) is 4. The number of amides is 2. The highest BCUT2D eigenvalue weighted by Crippen LogP contribution is 2.34. The summed E-state index contributed by atoms with van der Waals surface area (Å²) in [5.74, 6) is -3.44. The highest BCUT2D eigenvalue weighted by molar-refractivity contribution is 5.87. The standard InChI is InChI=1S/C20H26FN3O4/c1-12(22)18(25)23-11-16(21)14-8-5-9-15(14)19(26)24-17(20(27)28)10-13-6-3-2-4-7-13/h2-4,6-7,12,15,17H,5,8-11,22H2,1H3,(H,23,25)(H,24,26)(H,27,28)/b16-14-/t12-,15+,17-/m0/s1. The number of carboxylic acid groups (broad SMARTS) is 1. The molecule has 0 heterocycles. The molecule has 0 aliphatic heterocycles. The summed E-state index contributed by atoms with van der Waals surface area (Å²) in [6, 6.07) is 7.11. The lowest BCUT2D eigenvalue weighted by molar-refractivity contribution is -0.142. The maximum absolute atomic E-state index is 14.5. The Morgan fingerprint density at radius 2 is 1.96 bits per heavy atom. The molecule has 1 fully saturated rings. The summed E-state index contributed by atoms with van der Waals surface area (Å²) in [6.07, 6.45) is 1.60. The van der Waals surface area contributed by atoms with Gasteiger partial charge in [0.15, 0.2) is 0 Å². The molecule has 3 atom stereocenters. The van der Waals surface area contributed by atoms with Crippen molar-refractivity contribution in [2.45, 2.75) is 44.7 Å². The number of halogens is 1. The fourth-order valence-corrected chi connectivity index (χ4v) is 3.22. The second-order valence-electron chi connectivity index (χ2n) is 6.97. The largest absolute Gasteiger partial charge is 0.480 e. The second kappa shape index (κ2) is 9.98. The number of nitrogens with two attached hydrogens (primary N) is 1. The molecule has 0 aromatic heterocycles. The topological polar surface area (TPSA) is 122 Å². The molecule has 1 saturated carbocycles. The van der Waals surface area contributed by atoms with E-state index in [0.717, 1.165) is 5.56 Å². The van der Waals surface area contributed by atoms with Crippen LogP contribution < -0.4 is 16.4 Å². The van der Waals surface area contributed by atoms with Crippen molar-refractivity contribution in [1.82, 2.24) is 10.6 Å². The molecule has 0 spiro atoms. The van der Waals surface area contributed by atoms with E-state index in [0.29, 0.717) is 24.8 Å². The number of carboxylic acids is 1. The minimum Gasteiger partial charge on any atom is -0.480 e. The molecular formula is C20H26FN3O4. The van der Waals surface area contributed by atoms with E-state index in [2.05, 4.69) is 10.6 Å². The maximum Gasteiger partial charge on any atom is 0.326 e. The second-order valence-corrected chi connectivity index (χ2v) is 6.97. The van der Waals surface area contributed by atoms with Gasteiger partial charge in [-0.05, 0) is 37.3 Å². The molecule has 1 aliphatic carbocycles. The molecule has 0 radical (unpaired) electrons. The van der Waals surface area contributed by atoms with Crippen LogP contribution in [0.5, 0.6) is 0 Å². The first-order chi connectivity index (χ1) is 13.3. The lowest BCUT2D eigenvalue weighted by Gasteiger charge is -2.19. The predicted octanol–water partition coefficient (Wildman–Crippen LogP) is 1.29. The molecule has 0 saturated heterocycles. The monoisotopic (exact) mass is 391 g/mol. The van der Waals surface area contributed by atoms with Gasteiger partial charge in [-0.15, -0.1) is 0 Å². The van der Waals surface area contributed by atoms with Gasteiger partial charge in [-0.1, -0.05) is 30.3 Å². The van der Waals surface area contributed by atoms with Crippen molar-refractivity contribution in [2.75, 3.05) is 6.54 Å². The average molecular weight is 391 g/mol. The SMILES string of the molecule is C[C@H](N)C(=O)NC/C(F)=C1\CCC[C@H]1C(=O)N[C@@H](Cc1ccccc1)C(=O)O. The number of rotatable bonds is 8. The number of aliphatic carboxylic acids is 1. The first-order valence-electron chi connectivity index (χ1n) is 9.27. The van der Waals surface area contributed by atoms with E-state index in [1.807, 2.05) is 6.07 Å². The van der Waals surface area contributed by atoms with Crippen LogP contribution in [-0.2, 0) is 20.8 Å². The highest BCUT2D eigenvalue weighted by atomic mass is 19.1. The van der Waals surface area contributed by atoms with Crippen LogP contribution in [0.15, 0.2) is 41.7 Å². The lowest BCUT2D eigenvalue weighted by atomic mass is 9.99. The van der Waals surface area contributed by atoms with E-state index < -0.39 is 41.6 Å². The average Bonchev–Trinajstić information content (AvgIpc) is 3.16. The molecule has 0 bridgehead atoms. The number of nitrogens with one attached hydrogen (secondary N) is 2. The minimum absolute atomic E-state index is 0.139. The van der Waals surface area contributed by atoms with Gasteiger partial charge in [0.25, 0.3) is 0 Å². The smallest absolute Gasteiger partial charge is 0.326 e. The van der Waals surface area contributed by atoms with Gasteiger partial charge in [0.05, 0.1) is 18.5 Å². The summed E-state index contributed by atoms with van der Waals surface area (Å²) in [5, 5.41) is 14.4. The van der Waals surface area contributed by atoms with E-state index in [1.165, 1.54) is 6.92 Å². The molecular weight excluding hydrogens is 365 g/mol. The van der Waals surface area contributed by atoms with Crippen LogP contribution in [0, 0.1) is 5.92 Å². The Morgan fingerprint density at radius 3 is 2.57 bits per heavy atom. The number of carbonyl (C=O) groups is 3. The van der Waals surface area contributed by atoms with Crippen molar-refractivity contribution in [3.05, 3.63) is 47.3 Å². The molecule has 5 N–H and O–H groups in total. The van der Waals surface area contributed by atoms with E-state index >= 15 is 0 Å². The van der Waals surface area contributed by atoms with E-state index in [1.54, 1.807) is 24.3 Å². The summed E-state index contributed by atoms with van der Waals surface area (Å²) < 4.78 is 14.5. The van der Waals surface area contributed by atoms with E-state index in [4.69, 9.17) is 5.73 Å². The third kappa shape index (κ3) is 5.88. The van der Waals surface area contributed by atoms with Gasteiger partial charge in [0, 0.05) is 6.42 Å². The van der Waals surface area contributed by atoms with Gasteiger partial charge in [-0.2, -0.15) is 0 Å². The molecule has 28 heavy (non-hydrogen) atoms. The van der Waals surface area contributed by atoms with Crippen LogP contribution in [-0.4, -0.2) is 41.5 Å². The fourth-order valence-electron chi connectivity index (χ4n) is 3.22. The zero-order valence-corrected chi connectivity index (χ0v) is 15.8. The Balaban J connectivity index is 2.04.